The van der Waals surface area contributed by atoms with Crippen molar-refractivity contribution in [3.8, 4) is 89.0 Å². The third-order valence-corrected chi connectivity index (χ3v) is 20.2. The van der Waals surface area contributed by atoms with Crippen LogP contribution in [0.15, 0.2) is 243 Å². The van der Waals surface area contributed by atoms with Gasteiger partial charge < -0.3 is 19.9 Å². The maximum Gasteiger partial charge on any atom is 0.0737 e. The van der Waals surface area contributed by atoms with E-state index in [1.165, 1.54) is 44.5 Å². The van der Waals surface area contributed by atoms with Crippen LogP contribution in [0.25, 0.3) is 182 Å². The molecule has 0 amide bonds. The molecule has 0 atom stereocenters. The number of benzene rings is 8. The SMILES string of the molecule is Cc1ccc(-c2c3nc(c(-c4ccc(C)cc4)c4ccc([nH]4)c(-c4ccc(C)cc4)c4nc(c(-c5ccc(C)cc5)c5ccc2[nH]5)C=C4)C=C3)cc1.Cc1ccc(-c2c3nc(c(-c4ccc(C)cc4)c4ccc([nH]4)c(-c4ccc(C)cc4)c4nc(c(-c5ccc(C)cc5)c5ccc2[nH]5)C=C4)C=C3)cc1. The van der Waals surface area contributed by atoms with E-state index in [0.717, 1.165) is 179 Å². The van der Waals surface area contributed by atoms with Crippen molar-refractivity contribution in [2.75, 3.05) is 0 Å². The largest absolute Gasteiger partial charge is 0.354 e. The van der Waals surface area contributed by atoms with E-state index in [0.29, 0.717) is 0 Å². The Bertz CT molecular complexity index is 5080. The molecule has 0 aliphatic carbocycles. The molecule has 8 heteroatoms. The summed E-state index contributed by atoms with van der Waals surface area (Å²) in [7, 11) is 0. The Morgan fingerprint density at radius 3 is 0.356 bits per heavy atom. The minimum Gasteiger partial charge on any atom is -0.354 e. The Hall–Kier alpha value is -13.0. The zero-order valence-corrected chi connectivity index (χ0v) is 59.5. The molecule has 14 aromatic rings. The number of nitrogens with zero attached hydrogens (tertiary/aromatic N) is 4. The molecule has 8 aromatic carbocycles. The molecule has 4 N–H and O–H groups in total. The fourth-order valence-electron chi connectivity index (χ4n) is 14.6. The first-order valence-electron chi connectivity index (χ1n) is 35.6. The molecule has 8 nitrogen and oxygen atoms in total. The van der Waals surface area contributed by atoms with Crippen LogP contribution < -0.4 is 0 Å². The van der Waals surface area contributed by atoms with E-state index in [4.69, 9.17) is 19.9 Å². The molecule has 4 aliphatic rings. The smallest absolute Gasteiger partial charge is 0.0737 e. The number of hydrogen-bond acceptors (Lipinski definition) is 4. The average Bonchev–Trinajstić information content (AvgIpc) is 1.61. The van der Waals surface area contributed by atoms with E-state index < -0.39 is 0 Å². The first-order valence-corrected chi connectivity index (χ1v) is 35.6. The van der Waals surface area contributed by atoms with Crippen LogP contribution in [-0.4, -0.2) is 39.9 Å². The predicted octanol–water partition coefficient (Wildman–Crippen LogP) is 25.1. The monoisotopic (exact) mass is 1340 g/mol. The van der Waals surface area contributed by atoms with Crippen molar-refractivity contribution < 1.29 is 0 Å². The van der Waals surface area contributed by atoms with Crippen molar-refractivity contribution in [3.63, 3.8) is 0 Å². The van der Waals surface area contributed by atoms with Crippen molar-refractivity contribution in [1.29, 1.82) is 0 Å². The third-order valence-electron chi connectivity index (χ3n) is 20.2. The molecule has 500 valence electrons. The summed E-state index contributed by atoms with van der Waals surface area (Å²) in [5.74, 6) is 0. The number of H-pyrrole nitrogens is 4. The van der Waals surface area contributed by atoms with Gasteiger partial charge in [0, 0.05) is 88.6 Å². The standard InChI is InChI=1S/2C48H38N4/c2*1-29-5-13-33(14-6-29)45-37-21-23-39(49-37)46(34-15-7-30(2)8-16-34)41-25-27-43(51-41)48(36-19-11-32(4)12-20-36)44-28-26-42(52-44)47(40-24-22-38(45)50-40)35-17-9-31(3)10-18-35/h2*5-28,49,52H,1-4H3. The van der Waals surface area contributed by atoms with Crippen molar-refractivity contribution >= 4 is 92.7 Å². The van der Waals surface area contributed by atoms with E-state index in [1.54, 1.807) is 0 Å². The summed E-state index contributed by atoms with van der Waals surface area (Å²) in [5.41, 5.74) is 42.2. The zero-order chi connectivity index (χ0) is 70.7. The van der Waals surface area contributed by atoms with Crippen molar-refractivity contribution in [2.24, 2.45) is 0 Å². The van der Waals surface area contributed by atoms with Crippen molar-refractivity contribution in [1.82, 2.24) is 39.9 Å². The van der Waals surface area contributed by atoms with Gasteiger partial charge in [-0.3, -0.25) is 0 Å². The summed E-state index contributed by atoms with van der Waals surface area (Å²) in [6.07, 6.45) is 17.2. The van der Waals surface area contributed by atoms with Gasteiger partial charge in [0.2, 0.25) is 0 Å². The van der Waals surface area contributed by atoms with Gasteiger partial charge in [0.1, 0.15) is 0 Å². The number of rotatable bonds is 8. The Morgan fingerprint density at radius 2 is 0.250 bits per heavy atom. The second-order valence-electron chi connectivity index (χ2n) is 27.9. The molecule has 18 rings (SSSR count). The quantitative estimate of drug-likeness (QED) is 0.121. The van der Waals surface area contributed by atoms with Crippen LogP contribution in [0.5, 0.6) is 0 Å². The van der Waals surface area contributed by atoms with Gasteiger partial charge in [-0.2, -0.15) is 0 Å². The van der Waals surface area contributed by atoms with Crippen molar-refractivity contribution in [2.45, 2.75) is 55.4 Å². The third kappa shape index (κ3) is 12.5. The van der Waals surface area contributed by atoms with E-state index in [9.17, 15) is 0 Å². The molecule has 0 saturated carbocycles. The van der Waals surface area contributed by atoms with Gasteiger partial charge in [-0.05, 0) is 197 Å². The molecule has 6 aromatic heterocycles. The van der Waals surface area contributed by atoms with Crippen LogP contribution in [0.2, 0.25) is 0 Å². The summed E-state index contributed by atoms with van der Waals surface area (Å²) < 4.78 is 0. The summed E-state index contributed by atoms with van der Waals surface area (Å²) >= 11 is 0. The number of aromatic nitrogens is 8. The Labute approximate surface area is 606 Å². The summed E-state index contributed by atoms with van der Waals surface area (Å²) in [6.45, 7) is 17.0. The number of aromatic amines is 4. The highest BCUT2D eigenvalue weighted by molar-refractivity contribution is 6.03. The highest BCUT2D eigenvalue weighted by Gasteiger charge is 2.23. The van der Waals surface area contributed by atoms with E-state index >= 15 is 0 Å². The summed E-state index contributed by atoms with van der Waals surface area (Å²) in [6, 6.07) is 87.2. The normalized spacial score (nSPS) is 12.1. The Kier molecular flexibility index (Phi) is 16.6. The second-order valence-corrected chi connectivity index (χ2v) is 27.9. The number of fused-ring (bicyclic) bond motifs is 16. The topological polar surface area (TPSA) is 115 Å². The van der Waals surface area contributed by atoms with Gasteiger partial charge in [0.05, 0.1) is 45.6 Å². The van der Waals surface area contributed by atoms with Gasteiger partial charge in [-0.1, -0.05) is 239 Å². The molecule has 10 heterocycles. The van der Waals surface area contributed by atoms with Gasteiger partial charge in [-0.15, -0.1) is 0 Å². The van der Waals surface area contributed by atoms with E-state index in [2.05, 4.69) is 367 Å². The molecule has 0 fully saturated rings. The van der Waals surface area contributed by atoms with Crippen LogP contribution in [0, 0.1) is 55.4 Å². The first-order chi connectivity index (χ1) is 50.7. The van der Waals surface area contributed by atoms with Crippen LogP contribution in [0.3, 0.4) is 0 Å². The van der Waals surface area contributed by atoms with Crippen LogP contribution in [-0.2, 0) is 0 Å². The lowest BCUT2D eigenvalue weighted by Gasteiger charge is -2.07. The molecule has 0 spiro atoms. The highest BCUT2D eigenvalue weighted by atomic mass is 14.8. The number of hydrogen-bond donors (Lipinski definition) is 4. The van der Waals surface area contributed by atoms with Crippen LogP contribution >= 0.6 is 0 Å². The lowest BCUT2D eigenvalue weighted by Crippen LogP contribution is -1.90. The van der Waals surface area contributed by atoms with Gasteiger partial charge >= 0.3 is 0 Å². The second kappa shape index (κ2) is 26.8. The van der Waals surface area contributed by atoms with Crippen molar-refractivity contribution in [3.05, 3.63) is 333 Å². The minimum atomic E-state index is 0.910. The first kappa shape index (κ1) is 64.3. The van der Waals surface area contributed by atoms with Crippen LogP contribution in [0.4, 0.5) is 0 Å². The number of aryl methyl sites for hydroxylation is 8. The van der Waals surface area contributed by atoms with Crippen LogP contribution in [0.1, 0.15) is 90.1 Å². The van der Waals surface area contributed by atoms with E-state index in [-0.39, 0.29) is 0 Å². The maximum absolute atomic E-state index is 5.41. The fraction of sp³-hybridized carbons (Fsp3) is 0.0833. The number of nitrogens with one attached hydrogen (secondary N) is 4. The minimum absolute atomic E-state index is 0.910. The Morgan fingerprint density at radius 1 is 0.144 bits per heavy atom. The van der Waals surface area contributed by atoms with E-state index in [1.807, 2.05) is 0 Å². The summed E-state index contributed by atoms with van der Waals surface area (Å²) in [4.78, 5) is 37.0. The molecular weight excluding hydrogens is 1270 g/mol. The molecular formula is C96H76N8. The van der Waals surface area contributed by atoms with Gasteiger partial charge in [0.25, 0.3) is 0 Å². The molecule has 0 unspecified atom stereocenters. The maximum atomic E-state index is 5.41. The molecule has 4 aliphatic heterocycles. The molecule has 0 saturated heterocycles. The molecule has 0 radical (unpaired) electrons. The lowest BCUT2D eigenvalue weighted by molar-refractivity contribution is 1.31. The average molecular weight is 1340 g/mol. The highest BCUT2D eigenvalue weighted by Crippen LogP contribution is 2.42. The predicted molar refractivity (Wildman–Crippen MR) is 439 cm³/mol. The fourth-order valence-corrected chi connectivity index (χ4v) is 14.6. The Balaban J connectivity index is 0.000000154. The summed E-state index contributed by atoms with van der Waals surface area (Å²) in [5, 5.41) is 0. The zero-order valence-electron chi connectivity index (χ0n) is 59.5. The van der Waals surface area contributed by atoms with Gasteiger partial charge in [-0.25, -0.2) is 19.9 Å². The van der Waals surface area contributed by atoms with Gasteiger partial charge in [0.15, 0.2) is 0 Å². The molecule has 16 bridgehead atoms. The lowest BCUT2D eigenvalue weighted by atomic mass is 10.0. The molecule has 104 heavy (non-hydrogen) atoms.